The number of hydrogen-bond acceptors (Lipinski definition) is 9. The van der Waals surface area contributed by atoms with Crippen molar-refractivity contribution in [2.45, 2.75) is 30.7 Å². The van der Waals surface area contributed by atoms with Gasteiger partial charge in [0, 0.05) is 22.5 Å². The average Bonchev–Trinajstić information content (AvgIpc) is 2.85. The third-order valence-corrected chi connectivity index (χ3v) is 6.47. The summed E-state index contributed by atoms with van der Waals surface area (Å²) in [5, 5.41) is 36.9. The van der Waals surface area contributed by atoms with Crippen molar-refractivity contribution in [1.82, 2.24) is 4.98 Å². The molecule has 0 saturated heterocycles. The highest BCUT2D eigenvalue weighted by Gasteiger charge is 2.55. The number of aliphatic hydroxyl groups is 2. The third kappa shape index (κ3) is 3.31. The van der Waals surface area contributed by atoms with Gasteiger partial charge in [-0.1, -0.05) is 20.8 Å². The molecular weight excluding hydrogens is 360 g/mol. The van der Waals surface area contributed by atoms with Crippen LogP contribution in [0.2, 0.25) is 0 Å². The van der Waals surface area contributed by atoms with Crippen molar-refractivity contribution < 1.29 is 14.9 Å². The summed E-state index contributed by atoms with van der Waals surface area (Å²) in [5.74, 6) is 0.784. The Morgan fingerprint density at radius 3 is 2.48 bits per heavy atom. The lowest BCUT2D eigenvalue weighted by Gasteiger charge is -2.40. The van der Waals surface area contributed by atoms with Crippen molar-refractivity contribution in [1.29, 1.82) is 10.7 Å². The van der Waals surface area contributed by atoms with Gasteiger partial charge in [-0.05, 0) is 0 Å². The molecule has 1 aromatic heterocycles. The number of aliphatic hydroxyl groups excluding tert-OH is 2. The molecule has 2 heterocycles. The largest absolute Gasteiger partial charge is 0.454 e. The number of nitrogens with two attached hydrogens (primary N) is 1. The molecule has 136 valence electrons. The van der Waals surface area contributed by atoms with Crippen molar-refractivity contribution in [2.24, 2.45) is 5.41 Å². The van der Waals surface area contributed by atoms with E-state index in [2.05, 4.69) is 11.1 Å². The van der Waals surface area contributed by atoms with E-state index in [0.717, 1.165) is 0 Å². The highest BCUT2D eigenvalue weighted by Crippen LogP contribution is 2.58. The fraction of sp³-hybridized carbons (Fsp3) is 0.562. The van der Waals surface area contributed by atoms with Crippen LogP contribution >= 0.6 is 23.5 Å². The molecule has 7 nitrogen and oxygen atoms in total. The topological polar surface area (TPSA) is 136 Å². The minimum Gasteiger partial charge on any atom is -0.454 e. The minimum absolute atomic E-state index is 0.0514. The van der Waals surface area contributed by atoms with Gasteiger partial charge in [0.2, 0.25) is 5.90 Å². The van der Waals surface area contributed by atoms with E-state index in [1.807, 2.05) is 20.8 Å². The Bertz CT molecular complexity index is 728. The molecule has 1 aromatic rings. The van der Waals surface area contributed by atoms with Gasteiger partial charge in [-0.3, -0.25) is 5.41 Å². The van der Waals surface area contributed by atoms with E-state index < -0.39 is 10.3 Å². The lowest BCUT2D eigenvalue weighted by Crippen LogP contribution is -2.38. The number of fused-ring (bicyclic) bond motifs is 1. The maximum Gasteiger partial charge on any atom is 0.219 e. The predicted octanol–water partition coefficient (Wildman–Crippen LogP) is 1.90. The number of nitrogen functional groups attached to an aromatic ring is 1. The van der Waals surface area contributed by atoms with E-state index in [4.69, 9.17) is 21.0 Å². The Hall–Kier alpha value is -1.47. The number of nitrogens with one attached hydrogen (secondary N) is 1. The fourth-order valence-electron chi connectivity index (χ4n) is 2.77. The van der Waals surface area contributed by atoms with Gasteiger partial charge in [0.15, 0.2) is 4.93 Å². The van der Waals surface area contributed by atoms with Gasteiger partial charge >= 0.3 is 0 Å². The van der Waals surface area contributed by atoms with E-state index in [9.17, 15) is 10.4 Å². The van der Waals surface area contributed by atoms with E-state index in [0.29, 0.717) is 33.2 Å². The second-order valence-corrected chi connectivity index (χ2v) is 8.84. The maximum atomic E-state index is 9.79. The first-order chi connectivity index (χ1) is 11.7. The van der Waals surface area contributed by atoms with Crippen LogP contribution in [-0.2, 0) is 9.67 Å². The molecule has 0 aliphatic carbocycles. The minimum atomic E-state index is -1.03. The molecule has 0 aromatic carbocycles. The van der Waals surface area contributed by atoms with Crippen LogP contribution in [0.5, 0.6) is 0 Å². The molecule has 1 atom stereocenters. The highest BCUT2D eigenvalue weighted by molar-refractivity contribution is 8.00. The van der Waals surface area contributed by atoms with Crippen LogP contribution in [0.1, 0.15) is 37.5 Å². The quantitative estimate of drug-likeness (QED) is 0.548. The van der Waals surface area contributed by atoms with Gasteiger partial charge < -0.3 is 20.7 Å². The van der Waals surface area contributed by atoms with Crippen LogP contribution in [0.4, 0.5) is 5.82 Å². The molecular formula is C16H22N4O3S2. The molecule has 25 heavy (non-hydrogen) atoms. The van der Waals surface area contributed by atoms with Gasteiger partial charge in [0.1, 0.15) is 16.9 Å². The molecule has 1 aliphatic rings. The molecule has 0 amide bonds. The number of thioether (sulfide) groups is 2. The molecule has 2 rings (SSSR count). The Kier molecular flexibility index (Phi) is 5.89. The van der Waals surface area contributed by atoms with Crippen molar-refractivity contribution in [3.05, 3.63) is 16.7 Å². The van der Waals surface area contributed by atoms with E-state index >= 15 is 0 Å². The molecule has 9 heteroatoms. The van der Waals surface area contributed by atoms with Crippen LogP contribution in [0, 0.1) is 22.2 Å². The molecule has 1 aliphatic heterocycles. The van der Waals surface area contributed by atoms with Gasteiger partial charge in [0.05, 0.1) is 24.3 Å². The number of pyridine rings is 1. The zero-order chi connectivity index (χ0) is 18.8. The highest BCUT2D eigenvalue weighted by atomic mass is 32.2. The smallest absolute Gasteiger partial charge is 0.219 e. The monoisotopic (exact) mass is 382 g/mol. The number of ether oxygens (including phenoxy) is 1. The zero-order valence-electron chi connectivity index (χ0n) is 14.4. The van der Waals surface area contributed by atoms with Crippen molar-refractivity contribution >= 4 is 35.2 Å². The second-order valence-electron chi connectivity index (χ2n) is 6.48. The first-order valence-electron chi connectivity index (χ1n) is 7.74. The van der Waals surface area contributed by atoms with Crippen LogP contribution in [0.25, 0.3) is 0 Å². The first kappa shape index (κ1) is 19.8. The molecule has 0 radical (unpaired) electrons. The maximum absolute atomic E-state index is 9.79. The van der Waals surface area contributed by atoms with Crippen LogP contribution in [0.15, 0.2) is 5.03 Å². The molecule has 5 N–H and O–H groups in total. The molecule has 0 spiro atoms. The summed E-state index contributed by atoms with van der Waals surface area (Å²) >= 11 is 2.59. The van der Waals surface area contributed by atoms with Crippen molar-refractivity contribution in [3.63, 3.8) is 0 Å². The van der Waals surface area contributed by atoms with E-state index in [1.165, 1.54) is 23.5 Å². The third-order valence-electron chi connectivity index (χ3n) is 3.82. The Balaban J connectivity index is 2.79. The number of rotatable bonds is 6. The SMILES string of the molecule is CC(C)(C)C1(SCCO)OC(=N)c2c(N)nc(SCCO)c(C#N)c21. The predicted molar refractivity (Wildman–Crippen MR) is 99.8 cm³/mol. The van der Waals surface area contributed by atoms with Gasteiger partial charge in [-0.15, -0.1) is 23.5 Å². The van der Waals surface area contributed by atoms with Gasteiger partial charge in [-0.25, -0.2) is 4.98 Å². The second kappa shape index (κ2) is 7.41. The summed E-state index contributed by atoms with van der Waals surface area (Å²) in [6.07, 6.45) is 0. The standard InChI is InChI=1S/C16H22N4O3S2/c1-15(2,3)16(25-7-5-22)11-9(8-17)14(24-6-4-21)20-12(18)10(11)13(19)23-16/h19,21-22H,4-7H2,1-3H3,(H2,18,20). The molecule has 0 fully saturated rings. The summed E-state index contributed by atoms with van der Waals surface area (Å²) in [6.45, 7) is 5.77. The fourth-order valence-corrected chi connectivity index (χ4v) is 4.81. The number of anilines is 1. The normalized spacial score (nSPS) is 19.4. The number of nitrogens with zero attached hydrogens (tertiary/aromatic N) is 2. The molecule has 0 saturated carbocycles. The lowest BCUT2D eigenvalue weighted by molar-refractivity contribution is 0.0493. The number of hydrogen-bond donors (Lipinski definition) is 4. The lowest BCUT2D eigenvalue weighted by atomic mass is 9.82. The summed E-state index contributed by atoms with van der Waals surface area (Å²) in [5.41, 5.74) is 6.78. The van der Waals surface area contributed by atoms with E-state index in [-0.39, 0.29) is 24.9 Å². The Morgan fingerprint density at radius 2 is 1.96 bits per heavy atom. The van der Waals surface area contributed by atoms with Crippen molar-refractivity contribution in [2.75, 3.05) is 30.5 Å². The van der Waals surface area contributed by atoms with Crippen LogP contribution < -0.4 is 5.73 Å². The summed E-state index contributed by atoms with van der Waals surface area (Å²) in [7, 11) is 0. The van der Waals surface area contributed by atoms with Crippen molar-refractivity contribution in [3.8, 4) is 6.07 Å². The number of aromatic nitrogens is 1. The first-order valence-corrected chi connectivity index (χ1v) is 9.71. The summed E-state index contributed by atoms with van der Waals surface area (Å²) in [4.78, 5) is 3.23. The molecule has 0 bridgehead atoms. The van der Waals surface area contributed by atoms with Crippen LogP contribution in [0.3, 0.4) is 0 Å². The summed E-state index contributed by atoms with van der Waals surface area (Å²) in [6, 6.07) is 2.18. The van der Waals surface area contributed by atoms with E-state index in [1.54, 1.807) is 0 Å². The van der Waals surface area contributed by atoms with Gasteiger partial charge in [0.25, 0.3) is 0 Å². The Labute approximate surface area is 155 Å². The number of nitriles is 1. The Morgan fingerprint density at radius 1 is 1.32 bits per heavy atom. The van der Waals surface area contributed by atoms with Gasteiger partial charge in [-0.2, -0.15) is 5.26 Å². The average molecular weight is 383 g/mol. The zero-order valence-corrected chi connectivity index (χ0v) is 16.1. The molecule has 1 unspecified atom stereocenters. The van der Waals surface area contributed by atoms with Crippen LogP contribution in [-0.4, -0.2) is 45.8 Å². The summed E-state index contributed by atoms with van der Waals surface area (Å²) < 4.78 is 5.97.